The van der Waals surface area contributed by atoms with Crippen LogP contribution in [-0.2, 0) is 22.8 Å². The Kier molecular flexibility index (Phi) is 6.21. The van der Waals surface area contributed by atoms with E-state index in [1.54, 1.807) is 6.07 Å². The second-order valence-electron chi connectivity index (χ2n) is 8.33. The Morgan fingerprint density at radius 1 is 1.16 bits per heavy atom. The van der Waals surface area contributed by atoms with E-state index in [2.05, 4.69) is 9.55 Å². The molecule has 0 unspecified atom stereocenters. The minimum atomic E-state index is -3.48. The minimum Gasteiger partial charge on any atom is -0.382 e. The van der Waals surface area contributed by atoms with E-state index in [0.29, 0.717) is 36.1 Å². The first-order chi connectivity index (χ1) is 14.7. The number of halogens is 2. The number of aromatic nitrogens is 3. The number of fused-ring (bicyclic) bond motifs is 1. The third-order valence-corrected chi connectivity index (χ3v) is 8.43. The number of pyridine rings is 1. The summed E-state index contributed by atoms with van der Waals surface area (Å²) in [6.45, 7) is 4.67. The van der Waals surface area contributed by atoms with Crippen molar-refractivity contribution in [1.82, 2.24) is 14.5 Å². The van der Waals surface area contributed by atoms with E-state index in [-0.39, 0.29) is 15.7 Å². The van der Waals surface area contributed by atoms with Gasteiger partial charge in [0.25, 0.3) is 0 Å². The molecular weight excluding hydrogens is 455 g/mol. The number of anilines is 1. The molecule has 0 aliphatic heterocycles. The molecule has 2 aromatic heterocycles. The van der Waals surface area contributed by atoms with Crippen LogP contribution >= 0.6 is 23.2 Å². The first-order valence-electron chi connectivity index (χ1n) is 10.5. The van der Waals surface area contributed by atoms with Crippen molar-refractivity contribution in [3.05, 3.63) is 45.3 Å². The van der Waals surface area contributed by atoms with Crippen LogP contribution in [0.4, 0.5) is 5.82 Å². The molecule has 0 bridgehead atoms. The number of benzene rings is 1. The highest BCUT2D eigenvalue weighted by Gasteiger charge is 2.26. The molecule has 1 saturated carbocycles. The van der Waals surface area contributed by atoms with Crippen molar-refractivity contribution in [2.45, 2.75) is 57.4 Å². The fourth-order valence-corrected chi connectivity index (χ4v) is 6.12. The monoisotopic (exact) mass is 480 g/mol. The van der Waals surface area contributed by atoms with Crippen LogP contribution in [0.25, 0.3) is 11.0 Å². The van der Waals surface area contributed by atoms with Gasteiger partial charge < -0.3 is 10.3 Å². The Morgan fingerprint density at radius 2 is 1.90 bits per heavy atom. The van der Waals surface area contributed by atoms with Gasteiger partial charge in [0, 0.05) is 23.7 Å². The first kappa shape index (κ1) is 22.4. The maximum Gasteiger partial charge on any atom is 0.179 e. The highest BCUT2D eigenvalue weighted by atomic mass is 35.5. The lowest BCUT2D eigenvalue weighted by Gasteiger charge is -2.12. The molecule has 0 radical (unpaired) electrons. The average Bonchev–Trinajstić information content (AvgIpc) is 3.43. The van der Waals surface area contributed by atoms with Crippen LogP contribution in [0.5, 0.6) is 0 Å². The molecule has 3 aromatic rings. The van der Waals surface area contributed by atoms with Gasteiger partial charge in [0.05, 0.1) is 21.2 Å². The largest absolute Gasteiger partial charge is 0.382 e. The molecule has 1 aliphatic carbocycles. The lowest BCUT2D eigenvalue weighted by molar-refractivity contribution is 0.577. The molecule has 6 nitrogen and oxygen atoms in total. The van der Waals surface area contributed by atoms with E-state index in [0.717, 1.165) is 34.5 Å². The molecule has 166 valence electrons. The molecule has 0 saturated heterocycles. The van der Waals surface area contributed by atoms with Gasteiger partial charge in [0.15, 0.2) is 15.7 Å². The van der Waals surface area contributed by atoms with Gasteiger partial charge >= 0.3 is 0 Å². The summed E-state index contributed by atoms with van der Waals surface area (Å²) >= 11 is 12.0. The molecule has 1 fully saturated rings. The van der Waals surface area contributed by atoms with Crippen molar-refractivity contribution >= 4 is 49.9 Å². The maximum atomic E-state index is 12.7. The average molecular weight is 481 g/mol. The third-order valence-electron chi connectivity index (χ3n) is 5.92. The molecule has 9 heteroatoms. The van der Waals surface area contributed by atoms with E-state index >= 15 is 0 Å². The van der Waals surface area contributed by atoms with Crippen LogP contribution in [0.15, 0.2) is 23.1 Å². The Balaban J connectivity index is 1.53. The summed E-state index contributed by atoms with van der Waals surface area (Å²) < 4.78 is 27.7. The summed E-state index contributed by atoms with van der Waals surface area (Å²) in [5, 5.41) is 0.576. The van der Waals surface area contributed by atoms with Crippen LogP contribution in [-0.4, -0.2) is 28.7 Å². The van der Waals surface area contributed by atoms with Gasteiger partial charge in [-0.2, -0.15) is 0 Å². The summed E-state index contributed by atoms with van der Waals surface area (Å²) in [4.78, 5) is 9.38. The van der Waals surface area contributed by atoms with Crippen molar-refractivity contribution in [2.75, 3.05) is 11.5 Å². The van der Waals surface area contributed by atoms with Gasteiger partial charge in [0.1, 0.15) is 11.3 Å². The number of hydrogen-bond donors (Lipinski definition) is 1. The lowest BCUT2D eigenvalue weighted by Crippen LogP contribution is -2.10. The van der Waals surface area contributed by atoms with Crippen LogP contribution in [0.1, 0.15) is 42.8 Å². The second-order valence-corrected chi connectivity index (χ2v) is 11.3. The SMILES string of the molecule is Cc1nc(N)c2nc(CC3CC3)n(CCCCS(=O)(=O)c3ccc(Cl)cc3Cl)c2c1C. The number of nitrogens with zero attached hydrogens (tertiary/aromatic N) is 3. The van der Waals surface area contributed by atoms with Crippen LogP contribution in [0.2, 0.25) is 10.0 Å². The van der Waals surface area contributed by atoms with E-state index in [1.165, 1.54) is 25.0 Å². The van der Waals surface area contributed by atoms with Crippen LogP contribution < -0.4 is 5.73 Å². The fraction of sp³-hybridized carbons (Fsp3) is 0.455. The normalized spacial score (nSPS) is 14.5. The Hall–Kier alpha value is -1.83. The van der Waals surface area contributed by atoms with Crippen molar-refractivity contribution in [3.63, 3.8) is 0 Å². The number of sulfone groups is 1. The Labute approximate surface area is 192 Å². The van der Waals surface area contributed by atoms with Crippen molar-refractivity contribution in [2.24, 2.45) is 5.92 Å². The highest BCUT2D eigenvalue weighted by molar-refractivity contribution is 7.91. The summed E-state index contributed by atoms with van der Waals surface area (Å²) in [6, 6.07) is 4.48. The molecule has 2 heterocycles. The lowest BCUT2D eigenvalue weighted by atomic mass is 10.2. The molecular formula is C22H26Cl2N4O2S. The van der Waals surface area contributed by atoms with Crippen molar-refractivity contribution in [1.29, 1.82) is 0 Å². The number of aryl methyl sites for hydroxylation is 3. The Morgan fingerprint density at radius 3 is 2.58 bits per heavy atom. The van der Waals surface area contributed by atoms with Gasteiger partial charge in [0.2, 0.25) is 0 Å². The zero-order chi connectivity index (χ0) is 22.3. The molecule has 0 atom stereocenters. The smallest absolute Gasteiger partial charge is 0.179 e. The van der Waals surface area contributed by atoms with Gasteiger partial charge in [-0.15, -0.1) is 0 Å². The quantitative estimate of drug-likeness (QED) is 0.450. The number of nitrogen functional groups attached to an aromatic ring is 1. The maximum absolute atomic E-state index is 12.7. The van der Waals surface area contributed by atoms with Crippen LogP contribution in [0, 0.1) is 19.8 Å². The molecule has 1 aromatic carbocycles. The highest BCUT2D eigenvalue weighted by Crippen LogP contribution is 2.35. The topological polar surface area (TPSA) is 90.9 Å². The molecule has 2 N–H and O–H groups in total. The molecule has 31 heavy (non-hydrogen) atoms. The number of rotatable bonds is 8. The summed E-state index contributed by atoms with van der Waals surface area (Å²) in [6.07, 6.45) is 4.60. The third kappa shape index (κ3) is 4.69. The summed E-state index contributed by atoms with van der Waals surface area (Å²) in [5.41, 5.74) is 9.90. The van der Waals surface area contributed by atoms with Crippen molar-refractivity contribution in [3.8, 4) is 0 Å². The van der Waals surface area contributed by atoms with E-state index < -0.39 is 9.84 Å². The predicted octanol–water partition coefficient (Wildman–Crippen LogP) is 5.14. The molecule has 0 amide bonds. The van der Waals surface area contributed by atoms with Gasteiger partial charge in [-0.25, -0.2) is 18.4 Å². The van der Waals surface area contributed by atoms with E-state index in [4.69, 9.17) is 33.9 Å². The second kappa shape index (κ2) is 8.60. The number of unbranched alkanes of at least 4 members (excludes halogenated alkanes) is 1. The minimum absolute atomic E-state index is 0.0284. The first-order valence-corrected chi connectivity index (χ1v) is 12.9. The summed E-state index contributed by atoms with van der Waals surface area (Å²) in [5.74, 6) is 2.18. The zero-order valence-electron chi connectivity index (χ0n) is 17.7. The Bertz CT molecular complexity index is 1250. The van der Waals surface area contributed by atoms with Gasteiger partial charge in [-0.05, 0) is 69.2 Å². The standard InChI is InChI=1S/C22H26Cl2N4O2S/c1-13-14(2)26-22(25)20-21(13)28(19(27-20)11-15-5-6-15)9-3-4-10-31(29,30)18-8-7-16(23)12-17(18)24/h7-8,12,15H,3-6,9-11H2,1-2H3,(H2,25,26). The van der Waals surface area contributed by atoms with Gasteiger partial charge in [-0.3, -0.25) is 0 Å². The molecule has 1 aliphatic rings. The van der Waals surface area contributed by atoms with Crippen LogP contribution in [0.3, 0.4) is 0 Å². The van der Waals surface area contributed by atoms with E-state index in [9.17, 15) is 8.42 Å². The number of nitrogens with two attached hydrogens (primary N) is 1. The van der Waals surface area contributed by atoms with Gasteiger partial charge in [-0.1, -0.05) is 23.2 Å². The summed E-state index contributed by atoms with van der Waals surface area (Å²) in [7, 11) is -3.48. The fourth-order valence-electron chi connectivity index (χ4n) is 3.92. The number of imidazole rings is 1. The molecule has 0 spiro atoms. The number of hydrogen-bond acceptors (Lipinski definition) is 5. The predicted molar refractivity (Wildman–Crippen MR) is 126 cm³/mol. The molecule has 4 rings (SSSR count). The van der Waals surface area contributed by atoms with E-state index in [1.807, 2.05) is 13.8 Å². The van der Waals surface area contributed by atoms with Crippen molar-refractivity contribution < 1.29 is 8.42 Å². The zero-order valence-corrected chi connectivity index (χ0v) is 20.0.